The van der Waals surface area contributed by atoms with Gasteiger partial charge in [0.1, 0.15) is 21.7 Å². The van der Waals surface area contributed by atoms with Crippen LogP contribution in [0.3, 0.4) is 0 Å². The van der Waals surface area contributed by atoms with Gasteiger partial charge in [0, 0.05) is 44.4 Å². The van der Waals surface area contributed by atoms with E-state index in [2.05, 4.69) is 4.90 Å². The van der Waals surface area contributed by atoms with E-state index in [1.165, 1.54) is 29.5 Å². The number of amides is 1. The molecule has 36 heavy (non-hydrogen) atoms. The number of hydrogen-bond donors (Lipinski definition) is 0. The predicted molar refractivity (Wildman–Crippen MR) is 139 cm³/mol. The summed E-state index contributed by atoms with van der Waals surface area (Å²) in [6, 6.07) is 9.76. The van der Waals surface area contributed by atoms with Gasteiger partial charge in [-0.1, -0.05) is 23.5 Å². The summed E-state index contributed by atoms with van der Waals surface area (Å²) in [7, 11) is 3.17. The molecular weight excluding hydrogens is 484 g/mol. The van der Waals surface area contributed by atoms with E-state index >= 15 is 0 Å². The Labute approximate surface area is 212 Å². The molecule has 10 nitrogen and oxygen atoms in total. The Bertz CT molecular complexity index is 1210. The van der Waals surface area contributed by atoms with Crippen molar-refractivity contribution < 1.29 is 23.9 Å². The summed E-state index contributed by atoms with van der Waals surface area (Å²) in [5, 5.41) is 11.6. The van der Waals surface area contributed by atoms with Gasteiger partial charge in [0.2, 0.25) is 0 Å². The van der Waals surface area contributed by atoms with Crippen LogP contribution in [-0.4, -0.2) is 74.3 Å². The highest BCUT2D eigenvalue weighted by molar-refractivity contribution is 7.22. The van der Waals surface area contributed by atoms with E-state index in [1.807, 2.05) is 6.07 Å². The minimum atomic E-state index is -0.459. The zero-order valence-electron chi connectivity index (χ0n) is 20.2. The van der Waals surface area contributed by atoms with Crippen molar-refractivity contribution in [2.45, 2.75) is 6.42 Å². The fourth-order valence-corrected chi connectivity index (χ4v) is 5.07. The summed E-state index contributed by atoms with van der Waals surface area (Å²) in [5.74, 6) is 0.990. The van der Waals surface area contributed by atoms with E-state index in [4.69, 9.17) is 19.2 Å². The van der Waals surface area contributed by atoms with Crippen molar-refractivity contribution >= 4 is 44.4 Å². The van der Waals surface area contributed by atoms with Gasteiger partial charge in [-0.25, -0.2) is 4.98 Å². The summed E-state index contributed by atoms with van der Waals surface area (Å²) >= 11 is 1.36. The van der Waals surface area contributed by atoms with E-state index in [0.717, 1.165) is 30.8 Å². The molecule has 0 aliphatic carbocycles. The second kappa shape index (κ2) is 11.9. The maximum absolute atomic E-state index is 13.4. The van der Waals surface area contributed by atoms with Gasteiger partial charge < -0.3 is 14.2 Å². The van der Waals surface area contributed by atoms with E-state index in [1.54, 1.807) is 43.4 Å². The van der Waals surface area contributed by atoms with Crippen molar-refractivity contribution in [2.75, 3.05) is 58.5 Å². The number of thiazole rings is 1. The van der Waals surface area contributed by atoms with E-state index in [0.29, 0.717) is 47.5 Å². The lowest BCUT2D eigenvalue weighted by atomic mass is 10.2. The van der Waals surface area contributed by atoms with E-state index < -0.39 is 4.92 Å². The summed E-state index contributed by atoms with van der Waals surface area (Å²) in [4.78, 5) is 32.7. The first-order chi connectivity index (χ1) is 17.5. The number of anilines is 1. The number of nitrogens with zero attached hydrogens (tertiary/aromatic N) is 4. The van der Waals surface area contributed by atoms with Gasteiger partial charge in [-0.3, -0.25) is 24.7 Å². The molecule has 4 rings (SSSR count). The fourth-order valence-electron chi connectivity index (χ4n) is 3.97. The number of carbonyl (C=O) groups excluding carboxylic acids is 1. The number of carbonyl (C=O) groups is 1. The van der Waals surface area contributed by atoms with Gasteiger partial charge in [0.05, 0.1) is 32.4 Å². The molecule has 11 heteroatoms. The molecule has 1 fully saturated rings. The van der Waals surface area contributed by atoms with Crippen LogP contribution >= 0.6 is 11.3 Å². The lowest BCUT2D eigenvalue weighted by molar-refractivity contribution is -0.384. The quantitative estimate of drug-likeness (QED) is 0.228. The van der Waals surface area contributed by atoms with Crippen LogP contribution in [0.5, 0.6) is 11.5 Å². The Hall–Kier alpha value is -3.54. The molecule has 0 N–H and O–H groups in total. The maximum Gasteiger partial charge on any atom is 0.270 e. The number of methoxy groups -OCH3 is 2. The lowest BCUT2D eigenvalue weighted by Gasteiger charge is -2.27. The molecule has 1 aliphatic rings. The van der Waals surface area contributed by atoms with Gasteiger partial charge in [0.25, 0.3) is 11.6 Å². The topological polar surface area (TPSA) is 107 Å². The Morgan fingerprint density at radius 1 is 1.22 bits per heavy atom. The number of rotatable bonds is 10. The fraction of sp³-hybridized carbons (Fsp3) is 0.360. The first-order valence-electron chi connectivity index (χ1n) is 11.6. The number of hydrogen-bond acceptors (Lipinski definition) is 9. The first kappa shape index (κ1) is 25.5. The van der Waals surface area contributed by atoms with E-state index in [-0.39, 0.29) is 11.6 Å². The van der Waals surface area contributed by atoms with Crippen LogP contribution in [0.4, 0.5) is 10.8 Å². The predicted octanol–water partition coefficient (Wildman–Crippen LogP) is 3.99. The molecule has 1 amide bonds. The van der Waals surface area contributed by atoms with Gasteiger partial charge in [0.15, 0.2) is 5.13 Å². The van der Waals surface area contributed by atoms with Gasteiger partial charge in [-0.2, -0.15) is 0 Å². The Kier molecular flexibility index (Phi) is 8.47. The van der Waals surface area contributed by atoms with Crippen LogP contribution in [0, 0.1) is 10.1 Å². The zero-order valence-corrected chi connectivity index (χ0v) is 21.0. The molecule has 2 aromatic carbocycles. The third kappa shape index (κ3) is 5.99. The van der Waals surface area contributed by atoms with Crippen molar-refractivity contribution in [3.05, 3.63) is 58.2 Å². The summed E-state index contributed by atoms with van der Waals surface area (Å²) < 4.78 is 17.2. The second-order valence-electron chi connectivity index (χ2n) is 8.13. The Balaban J connectivity index is 1.61. The van der Waals surface area contributed by atoms with Crippen molar-refractivity contribution in [2.24, 2.45) is 0 Å². The molecule has 1 saturated heterocycles. The molecule has 0 bridgehead atoms. The van der Waals surface area contributed by atoms with E-state index in [9.17, 15) is 14.9 Å². The molecule has 190 valence electrons. The molecule has 0 unspecified atom stereocenters. The maximum atomic E-state index is 13.4. The normalized spacial score (nSPS) is 14.3. The average Bonchev–Trinajstić information content (AvgIpc) is 3.35. The second-order valence-corrected chi connectivity index (χ2v) is 9.10. The van der Waals surface area contributed by atoms with Crippen LogP contribution in [0.25, 0.3) is 16.3 Å². The average molecular weight is 513 g/mol. The molecule has 3 aromatic rings. The van der Waals surface area contributed by atoms with Crippen LogP contribution < -0.4 is 14.4 Å². The molecule has 0 radical (unpaired) electrons. The Morgan fingerprint density at radius 3 is 2.69 bits per heavy atom. The highest BCUT2D eigenvalue weighted by atomic mass is 32.1. The third-order valence-corrected chi connectivity index (χ3v) is 6.95. The molecule has 0 saturated carbocycles. The Morgan fingerprint density at radius 2 is 1.97 bits per heavy atom. The number of fused-ring (bicyclic) bond motifs is 1. The highest BCUT2D eigenvalue weighted by Gasteiger charge is 2.22. The minimum Gasteiger partial charge on any atom is -0.495 e. The van der Waals surface area contributed by atoms with Crippen molar-refractivity contribution in [1.82, 2.24) is 9.88 Å². The van der Waals surface area contributed by atoms with Crippen LogP contribution in [-0.2, 0) is 9.53 Å². The molecule has 0 spiro atoms. The van der Waals surface area contributed by atoms with Crippen LogP contribution in [0.15, 0.2) is 42.5 Å². The number of nitro benzene ring substituents is 1. The number of non-ortho nitro benzene ring substituents is 1. The number of benzene rings is 2. The number of ether oxygens (including phenoxy) is 3. The monoisotopic (exact) mass is 512 g/mol. The van der Waals surface area contributed by atoms with Gasteiger partial charge >= 0.3 is 0 Å². The zero-order chi connectivity index (χ0) is 25.5. The SMILES string of the molecule is COc1ccc(OC)c2sc(N(CCCN3CCOCC3)C(=O)/C=C/c3cccc([N+](=O)[O-])c3)nc12. The first-order valence-corrected chi connectivity index (χ1v) is 12.4. The lowest BCUT2D eigenvalue weighted by Crippen LogP contribution is -2.39. The molecule has 1 aromatic heterocycles. The molecular formula is C25H28N4O6S. The molecule has 0 atom stereocenters. The summed E-state index contributed by atoms with van der Waals surface area (Å²) in [5.41, 5.74) is 1.17. The van der Waals surface area contributed by atoms with Crippen molar-refractivity contribution in [3.8, 4) is 11.5 Å². The van der Waals surface area contributed by atoms with Gasteiger partial charge in [-0.05, 0) is 30.2 Å². The molecule has 1 aliphatic heterocycles. The number of morpholine rings is 1. The molecule has 2 heterocycles. The van der Waals surface area contributed by atoms with Gasteiger partial charge in [-0.15, -0.1) is 0 Å². The summed E-state index contributed by atoms with van der Waals surface area (Å²) in [6.45, 7) is 4.46. The largest absolute Gasteiger partial charge is 0.495 e. The standard InChI is InChI=1S/C25H28N4O6S/c1-33-20-8-9-21(34-2)24-23(20)26-25(36-24)28(12-4-11-27-13-15-35-16-14-27)22(30)10-7-18-5-3-6-19(17-18)29(31)32/h3,5-10,17H,4,11-16H2,1-2H3/b10-7+. The minimum absolute atomic E-state index is 0.0303. The third-order valence-electron chi connectivity index (χ3n) is 5.86. The van der Waals surface area contributed by atoms with Crippen LogP contribution in [0.2, 0.25) is 0 Å². The smallest absolute Gasteiger partial charge is 0.270 e. The number of nitro groups is 1. The van der Waals surface area contributed by atoms with Crippen molar-refractivity contribution in [3.63, 3.8) is 0 Å². The number of aromatic nitrogens is 1. The summed E-state index contributed by atoms with van der Waals surface area (Å²) in [6.07, 6.45) is 3.76. The van der Waals surface area contributed by atoms with Crippen molar-refractivity contribution in [1.29, 1.82) is 0 Å². The van der Waals surface area contributed by atoms with Crippen LogP contribution in [0.1, 0.15) is 12.0 Å². The highest BCUT2D eigenvalue weighted by Crippen LogP contribution is 2.40.